The molecule has 1 saturated carbocycles. The van der Waals surface area contributed by atoms with Crippen LogP contribution in [0.5, 0.6) is 0 Å². The van der Waals surface area contributed by atoms with Crippen molar-refractivity contribution in [2.75, 3.05) is 0 Å². The summed E-state index contributed by atoms with van der Waals surface area (Å²) in [4.78, 5) is 4.05. The minimum atomic E-state index is -0.384. The summed E-state index contributed by atoms with van der Waals surface area (Å²) < 4.78 is 0. The van der Waals surface area contributed by atoms with E-state index in [1.807, 2.05) is 6.07 Å². The third-order valence-corrected chi connectivity index (χ3v) is 4.21. The summed E-state index contributed by atoms with van der Waals surface area (Å²) in [7, 11) is 0. The molecule has 2 rings (SSSR count). The van der Waals surface area contributed by atoms with Crippen molar-refractivity contribution in [3.63, 3.8) is 0 Å². The molecule has 94 valence electrons. The molecule has 0 bridgehead atoms. The van der Waals surface area contributed by atoms with Crippen molar-refractivity contribution in [1.82, 2.24) is 4.98 Å². The van der Waals surface area contributed by atoms with Gasteiger partial charge >= 0.3 is 0 Å². The summed E-state index contributed by atoms with van der Waals surface area (Å²) in [5.74, 6) is 1.03. The molecule has 1 heterocycles. The smallest absolute Gasteiger partial charge is 0.129 e. The van der Waals surface area contributed by atoms with Gasteiger partial charge in [-0.1, -0.05) is 50.3 Å². The molecular formula is C14H20ClNO. The van der Waals surface area contributed by atoms with Gasteiger partial charge in [-0.05, 0) is 29.9 Å². The average Bonchev–Trinajstić information content (AvgIpc) is 2.39. The Labute approximate surface area is 108 Å². The summed E-state index contributed by atoms with van der Waals surface area (Å²) in [6.07, 6.45) is 7.39. The first-order valence-corrected chi connectivity index (χ1v) is 6.89. The van der Waals surface area contributed by atoms with Crippen molar-refractivity contribution in [3.8, 4) is 0 Å². The summed E-state index contributed by atoms with van der Waals surface area (Å²) in [5, 5.41) is 10.9. The normalized spacial score (nSPS) is 26.8. The van der Waals surface area contributed by atoms with E-state index in [1.165, 1.54) is 19.3 Å². The van der Waals surface area contributed by atoms with Crippen LogP contribution in [0.1, 0.15) is 50.7 Å². The standard InChI is InChI=1S/C14H20ClNO/c1-2-10-5-3-4-6-12(10)14(17)11-7-8-13(15)16-9-11/h7-10,12,14,17H,2-6H2,1H3. The molecule has 0 saturated heterocycles. The van der Waals surface area contributed by atoms with Crippen molar-refractivity contribution >= 4 is 11.6 Å². The van der Waals surface area contributed by atoms with Gasteiger partial charge in [0.15, 0.2) is 0 Å². The number of aromatic nitrogens is 1. The molecule has 1 fully saturated rings. The third kappa shape index (κ3) is 2.99. The Bertz CT molecular complexity index is 352. The van der Waals surface area contributed by atoms with E-state index >= 15 is 0 Å². The first-order valence-electron chi connectivity index (χ1n) is 6.52. The zero-order valence-corrected chi connectivity index (χ0v) is 11.0. The number of halogens is 1. The third-order valence-electron chi connectivity index (χ3n) is 3.99. The first kappa shape index (κ1) is 12.8. The van der Waals surface area contributed by atoms with Crippen LogP contribution in [0, 0.1) is 11.8 Å². The van der Waals surface area contributed by atoms with Crippen LogP contribution in [-0.4, -0.2) is 10.1 Å². The minimum absolute atomic E-state index is 0.384. The van der Waals surface area contributed by atoms with Crippen molar-refractivity contribution in [2.24, 2.45) is 11.8 Å². The number of rotatable bonds is 3. The maximum absolute atomic E-state index is 10.5. The Morgan fingerprint density at radius 1 is 1.41 bits per heavy atom. The molecule has 17 heavy (non-hydrogen) atoms. The van der Waals surface area contributed by atoms with Gasteiger partial charge in [0.25, 0.3) is 0 Å². The molecule has 1 N–H and O–H groups in total. The molecule has 3 atom stereocenters. The Morgan fingerprint density at radius 2 is 2.18 bits per heavy atom. The molecule has 0 spiro atoms. The molecule has 1 aromatic rings. The maximum atomic E-state index is 10.5. The Kier molecular flexibility index (Phi) is 4.41. The highest BCUT2D eigenvalue weighted by atomic mass is 35.5. The molecule has 1 aliphatic rings. The van der Waals surface area contributed by atoms with Gasteiger partial charge in [0, 0.05) is 6.20 Å². The van der Waals surface area contributed by atoms with E-state index in [1.54, 1.807) is 12.3 Å². The first-order chi connectivity index (χ1) is 8.22. The van der Waals surface area contributed by atoms with E-state index in [2.05, 4.69) is 11.9 Å². The lowest BCUT2D eigenvalue weighted by Crippen LogP contribution is -2.25. The largest absolute Gasteiger partial charge is 0.388 e. The van der Waals surface area contributed by atoms with E-state index in [0.29, 0.717) is 17.0 Å². The van der Waals surface area contributed by atoms with E-state index in [-0.39, 0.29) is 6.10 Å². The molecule has 2 nitrogen and oxygen atoms in total. The molecule has 0 aliphatic heterocycles. The zero-order chi connectivity index (χ0) is 12.3. The summed E-state index contributed by atoms with van der Waals surface area (Å²) in [5.41, 5.74) is 0.903. The van der Waals surface area contributed by atoms with Crippen LogP contribution in [-0.2, 0) is 0 Å². The lowest BCUT2D eigenvalue weighted by atomic mass is 9.74. The second-order valence-electron chi connectivity index (χ2n) is 4.98. The Balaban J connectivity index is 2.12. The van der Waals surface area contributed by atoms with Gasteiger partial charge in [0.05, 0.1) is 6.10 Å². The average molecular weight is 254 g/mol. The minimum Gasteiger partial charge on any atom is -0.388 e. The van der Waals surface area contributed by atoms with Crippen LogP contribution in [0.4, 0.5) is 0 Å². The van der Waals surface area contributed by atoms with Crippen molar-refractivity contribution < 1.29 is 5.11 Å². The predicted octanol–water partition coefficient (Wildman–Crippen LogP) is 3.98. The molecule has 1 aliphatic carbocycles. The molecule has 3 unspecified atom stereocenters. The molecule has 3 heteroatoms. The molecule has 0 radical (unpaired) electrons. The van der Waals surface area contributed by atoms with Gasteiger partial charge in [-0.15, -0.1) is 0 Å². The van der Waals surface area contributed by atoms with Crippen molar-refractivity contribution in [3.05, 3.63) is 29.0 Å². The number of pyridine rings is 1. The van der Waals surface area contributed by atoms with Crippen LogP contribution in [0.3, 0.4) is 0 Å². The summed E-state index contributed by atoms with van der Waals surface area (Å²) in [6, 6.07) is 3.64. The highest BCUT2D eigenvalue weighted by molar-refractivity contribution is 6.29. The topological polar surface area (TPSA) is 33.1 Å². The van der Waals surface area contributed by atoms with E-state index in [9.17, 15) is 5.11 Å². The van der Waals surface area contributed by atoms with Gasteiger partial charge in [-0.3, -0.25) is 0 Å². The van der Waals surface area contributed by atoms with Gasteiger partial charge in [0.2, 0.25) is 0 Å². The summed E-state index contributed by atoms with van der Waals surface area (Å²) in [6.45, 7) is 2.22. The molecule has 1 aromatic heterocycles. The number of hydrogen-bond donors (Lipinski definition) is 1. The Morgan fingerprint density at radius 3 is 2.82 bits per heavy atom. The van der Waals surface area contributed by atoms with Crippen LogP contribution in [0.15, 0.2) is 18.3 Å². The molecule has 0 amide bonds. The van der Waals surface area contributed by atoms with Crippen molar-refractivity contribution in [2.45, 2.75) is 45.1 Å². The highest BCUT2D eigenvalue weighted by Crippen LogP contribution is 2.40. The lowest BCUT2D eigenvalue weighted by molar-refractivity contribution is 0.0450. The second-order valence-corrected chi connectivity index (χ2v) is 5.36. The number of nitrogens with zero attached hydrogens (tertiary/aromatic N) is 1. The lowest BCUT2D eigenvalue weighted by Gasteiger charge is -2.34. The van der Waals surface area contributed by atoms with Crippen LogP contribution in [0.2, 0.25) is 5.15 Å². The van der Waals surface area contributed by atoms with E-state index in [4.69, 9.17) is 11.6 Å². The fraction of sp³-hybridized carbons (Fsp3) is 0.643. The Hall–Kier alpha value is -0.600. The zero-order valence-electron chi connectivity index (χ0n) is 10.3. The number of hydrogen-bond acceptors (Lipinski definition) is 2. The quantitative estimate of drug-likeness (QED) is 0.827. The van der Waals surface area contributed by atoms with E-state index in [0.717, 1.165) is 18.4 Å². The van der Waals surface area contributed by atoms with E-state index < -0.39 is 0 Å². The highest BCUT2D eigenvalue weighted by Gasteiger charge is 2.30. The van der Waals surface area contributed by atoms with Crippen LogP contribution < -0.4 is 0 Å². The molecular weight excluding hydrogens is 234 g/mol. The van der Waals surface area contributed by atoms with Crippen molar-refractivity contribution in [1.29, 1.82) is 0 Å². The molecule has 0 aromatic carbocycles. The van der Waals surface area contributed by atoms with Gasteiger partial charge < -0.3 is 5.11 Å². The number of aliphatic hydroxyl groups excluding tert-OH is 1. The second kappa shape index (κ2) is 5.83. The van der Waals surface area contributed by atoms with Gasteiger partial charge in [-0.2, -0.15) is 0 Å². The fourth-order valence-corrected chi connectivity index (χ4v) is 3.08. The predicted molar refractivity (Wildman–Crippen MR) is 69.9 cm³/mol. The maximum Gasteiger partial charge on any atom is 0.129 e. The van der Waals surface area contributed by atoms with Crippen LogP contribution in [0.25, 0.3) is 0 Å². The van der Waals surface area contributed by atoms with Gasteiger partial charge in [-0.25, -0.2) is 4.98 Å². The number of aliphatic hydroxyl groups is 1. The SMILES string of the molecule is CCC1CCCCC1C(O)c1ccc(Cl)nc1. The fourth-order valence-electron chi connectivity index (χ4n) is 2.97. The summed E-state index contributed by atoms with van der Waals surface area (Å²) >= 11 is 5.77. The monoisotopic (exact) mass is 253 g/mol. The van der Waals surface area contributed by atoms with Gasteiger partial charge in [0.1, 0.15) is 5.15 Å². The van der Waals surface area contributed by atoms with Crippen LogP contribution >= 0.6 is 11.6 Å².